The Kier molecular flexibility index (Phi) is 5.34. The lowest BCUT2D eigenvalue weighted by Crippen LogP contribution is -2.20. The molecule has 0 aromatic heterocycles. The summed E-state index contributed by atoms with van der Waals surface area (Å²) < 4.78 is 19.1. The molecule has 1 atom stereocenters. The van der Waals surface area contributed by atoms with Crippen molar-refractivity contribution in [3.05, 3.63) is 34.6 Å². The first kappa shape index (κ1) is 14.5. The van der Waals surface area contributed by atoms with E-state index in [9.17, 15) is 9.18 Å². The van der Waals surface area contributed by atoms with Crippen LogP contribution in [0.3, 0.4) is 0 Å². The van der Waals surface area contributed by atoms with Gasteiger partial charge in [0.1, 0.15) is 11.6 Å². The molecule has 1 fully saturated rings. The summed E-state index contributed by atoms with van der Waals surface area (Å²) in [5.74, 6) is -0.356. The van der Waals surface area contributed by atoms with Crippen LogP contribution < -0.4 is 0 Å². The van der Waals surface area contributed by atoms with Crippen LogP contribution in [0, 0.1) is 5.82 Å². The zero-order valence-corrected chi connectivity index (χ0v) is 11.6. The molecule has 1 heterocycles. The summed E-state index contributed by atoms with van der Waals surface area (Å²) in [6, 6.07) is 4.43. The number of ketones is 1. The molecular formula is C15H18ClFO2. The van der Waals surface area contributed by atoms with Gasteiger partial charge in [0, 0.05) is 24.5 Å². The Morgan fingerprint density at radius 3 is 2.95 bits per heavy atom. The predicted molar refractivity (Wildman–Crippen MR) is 72.9 cm³/mol. The van der Waals surface area contributed by atoms with E-state index < -0.39 is 5.82 Å². The van der Waals surface area contributed by atoms with E-state index in [1.165, 1.54) is 12.5 Å². The van der Waals surface area contributed by atoms with Gasteiger partial charge in [0.05, 0.1) is 6.10 Å². The first-order chi connectivity index (χ1) is 9.15. The molecule has 0 N–H and O–H groups in total. The van der Waals surface area contributed by atoms with Gasteiger partial charge in [-0.1, -0.05) is 17.7 Å². The van der Waals surface area contributed by atoms with Crippen LogP contribution in [0.4, 0.5) is 4.39 Å². The SMILES string of the molecule is O=C(CCC1CCCCO1)Cc1ccc(Cl)cc1F. The van der Waals surface area contributed by atoms with E-state index in [0.717, 1.165) is 25.9 Å². The largest absolute Gasteiger partial charge is 0.378 e. The molecule has 1 aliphatic heterocycles. The van der Waals surface area contributed by atoms with E-state index in [2.05, 4.69) is 0 Å². The zero-order chi connectivity index (χ0) is 13.7. The van der Waals surface area contributed by atoms with Crippen molar-refractivity contribution >= 4 is 17.4 Å². The third kappa shape index (κ3) is 4.59. The molecule has 0 spiro atoms. The number of carbonyl (C=O) groups excluding carboxylic acids is 1. The van der Waals surface area contributed by atoms with Crippen LogP contribution in [-0.4, -0.2) is 18.5 Å². The van der Waals surface area contributed by atoms with Gasteiger partial charge >= 0.3 is 0 Å². The van der Waals surface area contributed by atoms with Crippen molar-refractivity contribution in [2.45, 2.75) is 44.6 Å². The number of halogens is 2. The second-order valence-electron chi connectivity index (χ2n) is 4.98. The minimum atomic E-state index is -0.408. The Hall–Kier alpha value is -0.930. The number of carbonyl (C=O) groups is 1. The van der Waals surface area contributed by atoms with Gasteiger partial charge in [0.15, 0.2) is 0 Å². The summed E-state index contributed by atoms with van der Waals surface area (Å²) in [6.45, 7) is 0.796. The smallest absolute Gasteiger partial charge is 0.137 e. The predicted octanol–water partition coefficient (Wildman–Crippen LogP) is 3.94. The van der Waals surface area contributed by atoms with Crippen LogP contribution in [0.1, 0.15) is 37.7 Å². The number of hydrogen-bond donors (Lipinski definition) is 0. The van der Waals surface area contributed by atoms with Gasteiger partial charge in [-0.3, -0.25) is 4.79 Å². The van der Waals surface area contributed by atoms with E-state index in [-0.39, 0.29) is 18.3 Å². The molecule has 2 rings (SSSR count). The molecule has 1 aromatic carbocycles. The molecule has 19 heavy (non-hydrogen) atoms. The number of benzene rings is 1. The highest BCUT2D eigenvalue weighted by Crippen LogP contribution is 2.19. The van der Waals surface area contributed by atoms with Gasteiger partial charge in [-0.25, -0.2) is 4.39 Å². The molecule has 1 aliphatic rings. The van der Waals surface area contributed by atoms with Crippen molar-refractivity contribution in [3.63, 3.8) is 0 Å². The van der Waals surface area contributed by atoms with Crippen molar-refractivity contribution in [2.75, 3.05) is 6.61 Å². The van der Waals surface area contributed by atoms with Crippen LogP contribution >= 0.6 is 11.6 Å². The summed E-state index contributed by atoms with van der Waals surface area (Å²) in [5, 5.41) is 0.351. The molecule has 104 valence electrons. The van der Waals surface area contributed by atoms with Gasteiger partial charge in [0.25, 0.3) is 0 Å². The lowest BCUT2D eigenvalue weighted by Gasteiger charge is -2.22. The quantitative estimate of drug-likeness (QED) is 0.819. The lowest BCUT2D eigenvalue weighted by molar-refractivity contribution is -0.119. The Bertz CT molecular complexity index is 442. The first-order valence-electron chi connectivity index (χ1n) is 6.72. The Balaban J connectivity index is 1.80. The highest BCUT2D eigenvalue weighted by atomic mass is 35.5. The van der Waals surface area contributed by atoms with Gasteiger partial charge in [-0.2, -0.15) is 0 Å². The number of ether oxygens (including phenoxy) is 1. The monoisotopic (exact) mass is 284 g/mol. The molecule has 0 radical (unpaired) electrons. The topological polar surface area (TPSA) is 26.3 Å². The Labute approximate surface area is 117 Å². The first-order valence-corrected chi connectivity index (χ1v) is 7.10. The molecule has 0 amide bonds. The van der Waals surface area contributed by atoms with Crippen molar-refractivity contribution in [1.82, 2.24) is 0 Å². The van der Waals surface area contributed by atoms with E-state index in [4.69, 9.17) is 16.3 Å². The lowest BCUT2D eigenvalue weighted by atomic mass is 10.00. The number of Topliss-reactive ketones (excluding diaryl/α,β-unsaturated/α-hetero) is 1. The van der Waals surface area contributed by atoms with E-state index >= 15 is 0 Å². The molecule has 2 nitrogen and oxygen atoms in total. The van der Waals surface area contributed by atoms with Crippen molar-refractivity contribution < 1.29 is 13.9 Å². The normalized spacial score (nSPS) is 19.4. The molecule has 0 saturated carbocycles. The Morgan fingerprint density at radius 1 is 1.42 bits per heavy atom. The highest BCUT2D eigenvalue weighted by Gasteiger charge is 2.16. The minimum Gasteiger partial charge on any atom is -0.378 e. The van der Waals surface area contributed by atoms with Crippen molar-refractivity contribution in [1.29, 1.82) is 0 Å². The van der Waals surface area contributed by atoms with Crippen LogP contribution in [0.15, 0.2) is 18.2 Å². The molecule has 1 aromatic rings. The second kappa shape index (κ2) is 7.01. The molecule has 0 bridgehead atoms. The summed E-state index contributed by atoms with van der Waals surface area (Å²) in [6.07, 6.45) is 4.84. The van der Waals surface area contributed by atoms with Gasteiger partial charge in [-0.05, 0) is 43.4 Å². The van der Waals surface area contributed by atoms with Gasteiger partial charge < -0.3 is 4.74 Å². The van der Waals surface area contributed by atoms with E-state index in [1.807, 2.05) is 0 Å². The van der Waals surface area contributed by atoms with E-state index in [1.54, 1.807) is 12.1 Å². The second-order valence-corrected chi connectivity index (χ2v) is 5.41. The standard InChI is InChI=1S/C15H18ClFO2/c16-12-5-4-11(15(17)10-12)9-13(18)6-7-14-3-1-2-8-19-14/h4-5,10,14H,1-3,6-9H2. The zero-order valence-electron chi connectivity index (χ0n) is 10.8. The molecule has 0 aliphatic carbocycles. The number of hydrogen-bond acceptors (Lipinski definition) is 2. The summed E-state index contributed by atoms with van der Waals surface area (Å²) in [7, 11) is 0. The van der Waals surface area contributed by atoms with Crippen molar-refractivity contribution in [2.24, 2.45) is 0 Å². The van der Waals surface area contributed by atoms with Crippen LogP contribution in [0.2, 0.25) is 5.02 Å². The van der Waals surface area contributed by atoms with Crippen LogP contribution in [0.5, 0.6) is 0 Å². The van der Waals surface area contributed by atoms with Gasteiger partial charge in [0.2, 0.25) is 0 Å². The maximum atomic E-state index is 13.5. The highest BCUT2D eigenvalue weighted by molar-refractivity contribution is 6.30. The third-order valence-corrected chi connectivity index (χ3v) is 3.66. The molecular weight excluding hydrogens is 267 g/mol. The summed E-state index contributed by atoms with van der Waals surface area (Å²) >= 11 is 5.67. The Morgan fingerprint density at radius 2 is 2.26 bits per heavy atom. The maximum absolute atomic E-state index is 13.5. The summed E-state index contributed by atoms with van der Waals surface area (Å²) in [5.41, 5.74) is 0.416. The summed E-state index contributed by atoms with van der Waals surface area (Å²) in [4.78, 5) is 11.8. The fourth-order valence-corrected chi connectivity index (χ4v) is 2.48. The number of rotatable bonds is 5. The fraction of sp³-hybridized carbons (Fsp3) is 0.533. The van der Waals surface area contributed by atoms with Gasteiger partial charge in [-0.15, -0.1) is 0 Å². The fourth-order valence-electron chi connectivity index (χ4n) is 2.32. The minimum absolute atomic E-state index is 0.0513. The molecule has 1 saturated heterocycles. The van der Waals surface area contributed by atoms with Crippen LogP contribution in [-0.2, 0) is 16.0 Å². The molecule has 1 unspecified atom stereocenters. The third-order valence-electron chi connectivity index (χ3n) is 3.42. The maximum Gasteiger partial charge on any atom is 0.137 e. The average molecular weight is 285 g/mol. The average Bonchev–Trinajstić information content (AvgIpc) is 2.41. The molecule has 4 heteroatoms. The van der Waals surface area contributed by atoms with E-state index in [0.29, 0.717) is 17.0 Å². The van der Waals surface area contributed by atoms with Crippen molar-refractivity contribution in [3.8, 4) is 0 Å². The van der Waals surface area contributed by atoms with Crippen LogP contribution in [0.25, 0.3) is 0 Å².